The second kappa shape index (κ2) is 9.23. The maximum Gasteiger partial charge on any atom is 0.369 e. The first-order valence-electron chi connectivity index (χ1n) is 9.48. The molecule has 0 aliphatic heterocycles. The van der Waals surface area contributed by atoms with Crippen molar-refractivity contribution in [1.29, 1.82) is 0 Å². The molecule has 4 rings (SSSR count). The zero-order valence-electron chi connectivity index (χ0n) is 16.5. The average Bonchev–Trinajstić information content (AvgIpc) is 3.51. The van der Waals surface area contributed by atoms with Gasteiger partial charge in [-0.05, 0) is 40.4 Å². The lowest BCUT2D eigenvalue weighted by molar-refractivity contribution is -0.133. The summed E-state index contributed by atoms with van der Waals surface area (Å²) >= 11 is 7.62. The summed E-state index contributed by atoms with van der Waals surface area (Å²) in [6, 6.07) is 10.5. The van der Waals surface area contributed by atoms with E-state index in [0.29, 0.717) is 29.0 Å². The van der Waals surface area contributed by atoms with E-state index in [1.807, 2.05) is 24.4 Å². The zero-order chi connectivity index (χ0) is 21.8. The normalized spacial score (nSPS) is 11.0. The summed E-state index contributed by atoms with van der Waals surface area (Å²) in [5.41, 5.74) is -0.166. The van der Waals surface area contributed by atoms with E-state index < -0.39 is 5.69 Å². The number of para-hydroxylation sites is 1. The Balaban J connectivity index is 1.50. The Bertz CT molecular complexity index is 1230. The van der Waals surface area contributed by atoms with Crippen molar-refractivity contribution in [1.82, 2.24) is 34.9 Å². The number of carbonyl (C=O) groups excluding carboxylic acids is 1. The summed E-state index contributed by atoms with van der Waals surface area (Å²) in [6.45, 7) is 2.28. The Labute approximate surface area is 185 Å². The van der Waals surface area contributed by atoms with Crippen molar-refractivity contribution in [2.45, 2.75) is 26.4 Å². The van der Waals surface area contributed by atoms with E-state index in [0.717, 1.165) is 20.7 Å². The minimum Gasteiger partial charge on any atom is -0.418 e. The van der Waals surface area contributed by atoms with E-state index in [2.05, 4.69) is 20.6 Å². The van der Waals surface area contributed by atoms with Crippen LogP contribution in [0, 0.1) is 0 Å². The van der Waals surface area contributed by atoms with Crippen molar-refractivity contribution in [2.75, 3.05) is 6.54 Å². The molecule has 12 heteroatoms. The van der Waals surface area contributed by atoms with Gasteiger partial charge >= 0.3 is 5.69 Å². The number of rotatable bonds is 8. The molecular weight excluding hydrogens is 442 g/mol. The van der Waals surface area contributed by atoms with Crippen molar-refractivity contribution in [2.24, 2.45) is 0 Å². The van der Waals surface area contributed by atoms with Crippen LogP contribution in [0.3, 0.4) is 0 Å². The molecule has 0 aliphatic rings. The number of carbonyl (C=O) groups is 1. The molecule has 1 aromatic carbocycles. The highest BCUT2D eigenvalue weighted by Crippen LogP contribution is 2.23. The predicted molar refractivity (Wildman–Crippen MR) is 114 cm³/mol. The molecule has 3 aromatic heterocycles. The summed E-state index contributed by atoms with van der Waals surface area (Å²) < 4.78 is 7.74. The van der Waals surface area contributed by atoms with E-state index >= 15 is 0 Å². The summed E-state index contributed by atoms with van der Waals surface area (Å²) in [4.78, 5) is 27.9. The van der Waals surface area contributed by atoms with Crippen LogP contribution in [0.4, 0.5) is 0 Å². The lowest BCUT2D eigenvalue weighted by Gasteiger charge is -2.19. The minimum absolute atomic E-state index is 0.137. The molecule has 0 saturated heterocycles. The molecule has 0 bridgehead atoms. The number of halogens is 1. The first-order valence-corrected chi connectivity index (χ1v) is 10.7. The van der Waals surface area contributed by atoms with Crippen molar-refractivity contribution >= 4 is 28.8 Å². The van der Waals surface area contributed by atoms with E-state index in [1.54, 1.807) is 29.2 Å². The van der Waals surface area contributed by atoms with E-state index in [4.69, 9.17) is 16.0 Å². The molecule has 1 amide bonds. The van der Waals surface area contributed by atoms with Gasteiger partial charge < -0.3 is 9.32 Å². The monoisotopic (exact) mass is 459 g/mol. The maximum absolute atomic E-state index is 12.9. The van der Waals surface area contributed by atoms with Gasteiger partial charge in [-0.25, -0.2) is 4.79 Å². The maximum atomic E-state index is 12.9. The third kappa shape index (κ3) is 4.57. The van der Waals surface area contributed by atoms with Crippen LogP contribution in [0.1, 0.15) is 19.2 Å². The van der Waals surface area contributed by atoms with Crippen LogP contribution in [0.5, 0.6) is 0 Å². The lowest BCUT2D eigenvalue weighted by Crippen LogP contribution is -2.37. The molecule has 0 saturated carbocycles. The van der Waals surface area contributed by atoms with Gasteiger partial charge in [-0.1, -0.05) is 36.7 Å². The first kappa shape index (κ1) is 20.9. The van der Waals surface area contributed by atoms with Gasteiger partial charge in [0.2, 0.25) is 11.8 Å². The van der Waals surface area contributed by atoms with Gasteiger partial charge in [-0.15, -0.1) is 21.5 Å². The molecular formula is C19H18ClN7O3S. The van der Waals surface area contributed by atoms with Gasteiger partial charge in [0.1, 0.15) is 6.54 Å². The SMILES string of the molecule is CCCN(Cc1nnc(-c2cccs2)o1)C(=O)Cn1nnn(-c2ccccc2Cl)c1=O. The van der Waals surface area contributed by atoms with Gasteiger partial charge in [0, 0.05) is 6.54 Å². The van der Waals surface area contributed by atoms with E-state index in [-0.39, 0.29) is 19.0 Å². The van der Waals surface area contributed by atoms with Crippen molar-refractivity contribution in [3.8, 4) is 16.5 Å². The molecule has 0 radical (unpaired) electrons. The predicted octanol–water partition coefficient (Wildman–Crippen LogP) is 2.63. The quantitative estimate of drug-likeness (QED) is 0.398. The molecule has 3 heterocycles. The second-order valence-corrected chi connectivity index (χ2v) is 7.93. The highest BCUT2D eigenvalue weighted by molar-refractivity contribution is 7.13. The average molecular weight is 460 g/mol. The number of hydrogen-bond donors (Lipinski definition) is 0. The summed E-state index contributed by atoms with van der Waals surface area (Å²) in [6.07, 6.45) is 0.721. The molecule has 0 N–H and O–H groups in total. The van der Waals surface area contributed by atoms with E-state index in [9.17, 15) is 9.59 Å². The summed E-state index contributed by atoms with van der Waals surface area (Å²) in [5, 5.41) is 18.0. The van der Waals surface area contributed by atoms with Crippen LogP contribution >= 0.6 is 22.9 Å². The number of hydrogen-bond acceptors (Lipinski definition) is 8. The number of benzene rings is 1. The Hall–Kier alpha value is -3.31. The largest absolute Gasteiger partial charge is 0.418 e. The van der Waals surface area contributed by atoms with Gasteiger partial charge in [0.15, 0.2) is 0 Å². The molecule has 0 fully saturated rings. The molecule has 160 valence electrons. The lowest BCUT2D eigenvalue weighted by atomic mass is 10.3. The standard InChI is InChI=1S/C19H18ClN7O3S/c1-2-9-25(11-16-21-22-18(30-16)15-8-5-10-31-15)17(28)12-26-19(29)27(24-23-26)14-7-4-3-6-13(14)20/h3-8,10H,2,9,11-12H2,1H3. The number of tetrazole rings is 1. The number of amides is 1. The van der Waals surface area contributed by atoms with Crippen molar-refractivity contribution < 1.29 is 9.21 Å². The Morgan fingerprint density at radius 1 is 1.19 bits per heavy atom. The van der Waals surface area contributed by atoms with Crippen molar-refractivity contribution in [3.63, 3.8) is 0 Å². The highest BCUT2D eigenvalue weighted by atomic mass is 35.5. The molecule has 0 aliphatic carbocycles. The fourth-order valence-electron chi connectivity index (χ4n) is 2.92. The second-order valence-electron chi connectivity index (χ2n) is 6.58. The smallest absolute Gasteiger partial charge is 0.369 e. The third-order valence-electron chi connectivity index (χ3n) is 4.38. The first-order chi connectivity index (χ1) is 15.1. The Kier molecular flexibility index (Phi) is 6.23. The molecule has 0 atom stereocenters. The minimum atomic E-state index is -0.560. The Morgan fingerprint density at radius 2 is 2.03 bits per heavy atom. The van der Waals surface area contributed by atoms with Crippen molar-refractivity contribution in [3.05, 3.63) is 63.2 Å². The molecule has 31 heavy (non-hydrogen) atoms. The Morgan fingerprint density at radius 3 is 2.77 bits per heavy atom. The van der Waals surface area contributed by atoms with Crippen LogP contribution in [0.25, 0.3) is 16.5 Å². The summed E-state index contributed by atoms with van der Waals surface area (Å²) in [7, 11) is 0. The highest BCUT2D eigenvalue weighted by Gasteiger charge is 2.21. The molecule has 10 nitrogen and oxygen atoms in total. The molecule has 0 unspecified atom stereocenters. The van der Waals surface area contributed by atoms with Crippen LogP contribution in [0.2, 0.25) is 5.02 Å². The van der Waals surface area contributed by atoms with Gasteiger partial charge in [-0.2, -0.15) is 9.36 Å². The van der Waals surface area contributed by atoms with E-state index in [1.165, 1.54) is 11.3 Å². The van der Waals surface area contributed by atoms with Gasteiger partial charge in [-0.3, -0.25) is 4.79 Å². The van der Waals surface area contributed by atoms with Crippen LogP contribution in [-0.4, -0.2) is 47.3 Å². The zero-order valence-corrected chi connectivity index (χ0v) is 18.1. The molecule has 0 spiro atoms. The van der Waals surface area contributed by atoms with Gasteiger partial charge in [0.25, 0.3) is 5.89 Å². The van der Waals surface area contributed by atoms with Crippen LogP contribution < -0.4 is 5.69 Å². The summed E-state index contributed by atoms with van der Waals surface area (Å²) in [5.74, 6) is 0.413. The van der Waals surface area contributed by atoms with Crippen LogP contribution in [0.15, 0.2) is 51.0 Å². The van der Waals surface area contributed by atoms with Crippen LogP contribution in [-0.2, 0) is 17.9 Å². The third-order valence-corrected chi connectivity index (χ3v) is 5.55. The fraction of sp³-hybridized carbons (Fsp3) is 0.263. The fourth-order valence-corrected chi connectivity index (χ4v) is 3.78. The molecule has 4 aromatic rings. The number of thiophene rings is 1. The number of aromatic nitrogens is 6. The topological polar surface area (TPSA) is 112 Å². The number of nitrogens with zero attached hydrogens (tertiary/aromatic N) is 7. The van der Waals surface area contributed by atoms with Gasteiger partial charge in [0.05, 0.1) is 22.1 Å².